The molecule has 1 aliphatic carbocycles. The molecule has 1 heterocycles. The van der Waals surface area contributed by atoms with Crippen LogP contribution in [0.2, 0.25) is 0 Å². The van der Waals surface area contributed by atoms with Crippen LogP contribution in [0.5, 0.6) is 0 Å². The minimum atomic E-state index is -3.13. The van der Waals surface area contributed by atoms with Crippen molar-refractivity contribution in [1.29, 1.82) is 0 Å². The molecule has 0 bridgehead atoms. The highest BCUT2D eigenvalue weighted by molar-refractivity contribution is 14.1. The molecule has 0 aromatic carbocycles. The summed E-state index contributed by atoms with van der Waals surface area (Å²) in [5, 5.41) is 0. The van der Waals surface area contributed by atoms with Crippen molar-refractivity contribution in [2.24, 2.45) is 0 Å². The SMILES string of the molecule is CS(=O)(=O)c1cncc(C2CC2)c1I. The lowest BCUT2D eigenvalue weighted by Crippen LogP contribution is -2.03. The number of rotatable bonds is 2. The van der Waals surface area contributed by atoms with Crippen LogP contribution < -0.4 is 0 Å². The van der Waals surface area contributed by atoms with Gasteiger partial charge in [0, 0.05) is 22.2 Å². The molecule has 76 valence electrons. The average Bonchev–Trinajstić information content (AvgIpc) is 2.85. The molecule has 14 heavy (non-hydrogen) atoms. The Morgan fingerprint density at radius 1 is 1.43 bits per heavy atom. The number of sulfone groups is 1. The molecule has 1 aliphatic rings. The largest absolute Gasteiger partial charge is 0.263 e. The smallest absolute Gasteiger partial charge is 0.178 e. The average molecular weight is 323 g/mol. The second-order valence-corrected chi connectivity index (χ2v) is 6.65. The summed E-state index contributed by atoms with van der Waals surface area (Å²) >= 11 is 2.10. The lowest BCUT2D eigenvalue weighted by molar-refractivity contribution is 0.600. The number of halogens is 1. The predicted octanol–water partition coefficient (Wildman–Crippen LogP) is 1.97. The Labute approximate surface area is 97.0 Å². The van der Waals surface area contributed by atoms with Crippen molar-refractivity contribution in [1.82, 2.24) is 4.98 Å². The Morgan fingerprint density at radius 3 is 2.57 bits per heavy atom. The van der Waals surface area contributed by atoms with E-state index in [1.165, 1.54) is 12.5 Å². The molecule has 1 fully saturated rings. The van der Waals surface area contributed by atoms with Crippen molar-refractivity contribution in [3.8, 4) is 0 Å². The van der Waals surface area contributed by atoms with Gasteiger partial charge in [-0.2, -0.15) is 0 Å². The van der Waals surface area contributed by atoms with Crippen LogP contribution in [0, 0.1) is 3.57 Å². The lowest BCUT2D eigenvalue weighted by Gasteiger charge is -2.06. The summed E-state index contributed by atoms with van der Waals surface area (Å²) < 4.78 is 23.7. The Hall–Kier alpha value is -0.170. The first-order valence-electron chi connectivity index (χ1n) is 4.33. The van der Waals surface area contributed by atoms with E-state index in [-0.39, 0.29) is 0 Å². The van der Waals surface area contributed by atoms with E-state index in [9.17, 15) is 8.42 Å². The Morgan fingerprint density at radius 2 is 2.07 bits per heavy atom. The number of aromatic nitrogens is 1. The Kier molecular flexibility index (Phi) is 2.55. The Balaban J connectivity index is 2.57. The van der Waals surface area contributed by atoms with E-state index in [0.29, 0.717) is 10.8 Å². The first-order valence-corrected chi connectivity index (χ1v) is 7.30. The van der Waals surface area contributed by atoms with Gasteiger partial charge >= 0.3 is 0 Å². The molecule has 2 rings (SSSR count). The molecule has 0 amide bonds. The molecular formula is C9H10INO2S. The van der Waals surface area contributed by atoms with Gasteiger partial charge < -0.3 is 0 Å². The molecule has 0 saturated heterocycles. The van der Waals surface area contributed by atoms with Gasteiger partial charge in [0.15, 0.2) is 9.84 Å². The summed E-state index contributed by atoms with van der Waals surface area (Å²) in [6.07, 6.45) is 6.76. The van der Waals surface area contributed by atoms with Gasteiger partial charge in [0.2, 0.25) is 0 Å². The van der Waals surface area contributed by atoms with Gasteiger partial charge in [-0.3, -0.25) is 4.98 Å². The molecule has 0 spiro atoms. The summed E-state index contributed by atoms with van der Waals surface area (Å²) in [6.45, 7) is 0. The summed E-state index contributed by atoms with van der Waals surface area (Å²) in [5.41, 5.74) is 1.09. The number of pyridine rings is 1. The minimum absolute atomic E-state index is 0.363. The van der Waals surface area contributed by atoms with Crippen LogP contribution in [0.4, 0.5) is 0 Å². The molecule has 0 radical (unpaired) electrons. The van der Waals surface area contributed by atoms with Gasteiger partial charge in [0.05, 0.1) is 4.90 Å². The monoisotopic (exact) mass is 323 g/mol. The molecular weight excluding hydrogens is 313 g/mol. The van der Waals surface area contributed by atoms with E-state index in [1.54, 1.807) is 6.20 Å². The second-order valence-electron chi connectivity index (χ2n) is 3.59. The van der Waals surface area contributed by atoms with Gasteiger partial charge in [-0.1, -0.05) is 0 Å². The van der Waals surface area contributed by atoms with E-state index in [2.05, 4.69) is 27.6 Å². The first kappa shape index (κ1) is 10.4. The second kappa shape index (κ2) is 3.44. The maximum atomic E-state index is 11.4. The lowest BCUT2D eigenvalue weighted by atomic mass is 10.2. The standard InChI is InChI=1S/C9H10INO2S/c1-14(12,13)8-5-11-4-7(9(8)10)6-2-3-6/h4-6H,2-3H2,1H3. The zero-order valence-electron chi connectivity index (χ0n) is 7.70. The van der Waals surface area contributed by atoms with Crippen molar-refractivity contribution in [2.75, 3.05) is 6.26 Å². The van der Waals surface area contributed by atoms with Crippen LogP contribution >= 0.6 is 22.6 Å². The zero-order valence-corrected chi connectivity index (χ0v) is 10.7. The van der Waals surface area contributed by atoms with Crippen molar-refractivity contribution in [3.63, 3.8) is 0 Å². The molecule has 0 unspecified atom stereocenters. The van der Waals surface area contributed by atoms with E-state index >= 15 is 0 Å². The fraction of sp³-hybridized carbons (Fsp3) is 0.444. The van der Waals surface area contributed by atoms with E-state index < -0.39 is 9.84 Å². The van der Waals surface area contributed by atoms with Gasteiger partial charge in [-0.15, -0.1) is 0 Å². The third-order valence-electron chi connectivity index (χ3n) is 2.29. The van der Waals surface area contributed by atoms with Crippen molar-refractivity contribution >= 4 is 32.4 Å². The molecule has 5 heteroatoms. The van der Waals surface area contributed by atoms with Gasteiger partial charge in [-0.25, -0.2) is 8.42 Å². The highest BCUT2D eigenvalue weighted by Crippen LogP contribution is 2.42. The molecule has 3 nitrogen and oxygen atoms in total. The maximum absolute atomic E-state index is 11.4. The van der Waals surface area contributed by atoms with Crippen LogP contribution in [0.3, 0.4) is 0 Å². The van der Waals surface area contributed by atoms with Crippen LogP contribution in [-0.4, -0.2) is 19.7 Å². The highest BCUT2D eigenvalue weighted by atomic mass is 127. The first-order chi connectivity index (χ1) is 6.50. The van der Waals surface area contributed by atoms with Crippen molar-refractivity contribution in [3.05, 3.63) is 21.5 Å². The number of hydrogen-bond donors (Lipinski definition) is 0. The van der Waals surface area contributed by atoms with Crippen LogP contribution in [0.1, 0.15) is 24.3 Å². The summed E-state index contributed by atoms with van der Waals surface area (Å²) in [5.74, 6) is 0.538. The van der Waals surface area contributed by atoms with E-state index in [4.69, 9.17) is 0 Å². The fourth-order valence-electron chi connectivity index (χ4n) is 1.38. The molecule has 1 aromatic rings. The topological polar surface area (TPSA) is 47.0 Å². The van der Waals surface area contributed by atoms with Crippen LogP contribution in [-0.2, 0) is 9.84 Å². The van der Waals surface area contributed by atoms with Gasteiger partial charge in [-0.05, 0) is 46.9 Å². The van der Waals surface area contributed by atoms with Crippen LogP contribution in [0.25, 0.3) is 0 Å². The minimum Gasteiger partial charge on any atom is -0.263 e. The van der Waals surface area contributed by atoms with E-state index in [0.717, 1.165) is 22.0 Å². The Bertz CT molecular complexity index is 466. The molecule has 0 atom stereocenters. The third-order valence-corrected chi connectivity index (χ3v) is 4.97. The quantitative estimate of drug-likeness (QED) is 0.782. The summed E-state index contributed by atoms with van der Waals surface area (Å²) in [7, 11) is -3.13. The molecule has 0 aliphatic heterocycles. The van der Waals surface area contributed by atoms with Crippen molar-refractivity contribution in [2.45, 2.75) is 23.7 Å². The number of hydrogen-bond acceptors (Lipinski definition) is 3. The normalized spacial score (nSPS) is 17.0. The van der Waals surface area contributed by atoms with Gasteiger partial charge in [0.1, 0.15) is 0 Å². The summed E-state index contributed by atoms with van der Waals surface area (Å²) in [4.78, 5) is 4.35. The van der Waals surface area contributed by atoms with Crippen molar-refractivity contribution < 1.29 is 8.42 Å². The third kappa shape index (κ3) is 1.93. The maximum Gasteiger partial charge on any atom is 0.178 e. The zero-order chi connectivity index (χ0) is 10.3. The van der Waals surface area contributed by atoms with Crippen LogP contribution in [0.15, 0.2) is 17.3 Å². The molecule has 0 N–H and O–H groups in total. The molecule has 1 saturated carbocycles. The fourth-order valence-corrected chi connectivity index (χ4v) is 3.99. The highest BCUT2D eigenvalue weighted by Gasteiger charge is 2.28. The van der Waals surface area contributed by atoms with Gasteiger partial charge in [0.25, 0.3) is 0 Å². The number of nitrogens with zero attached hydrogens (tertiary/aromatic N) is 1. The van der Waals surface area contributed by atoms with E-state index in [1.807, 2.05) is 0 Å². The predicted molar refractivity (Wildman–Crippen MR) is 62.0 cm³/mol. The summed E-state index contributed by atoms with van der Waals surface area (Å²) in [6, 6.07) is 0. The molecule has 1 aromatic heterocycles.